The highest BCUT2D eigenvalue weighted by atomic mass is 35.5. The lowest BCUT2D eigenvalue weighted by Gasteiger charge is -2.38. The van der Waals surface area contributed by atoms with Crippen molar-refractivity contribution in [2.75, 3.05) is 6.54 Å². The zero-order chi connectivity index (χ0) is 8.70. The van der Waals surface area contributed by atoms with Crippen LogP contribution in [0.25, 0.3) is 0 Å². The van der Waals surface area contributed by atoms with E-state index in [1.165, 1.54) is 0 Å². The third-order valence-electron chi connectivity index (χ3n) is 2.88. The third kappa shape index (κ3) is 1.99. The quantitative estimate of drug-likeness (QED) is 0.633. The van der Waals surface area contributed by atoms with Crippen LogP contribution in [0.15, 0.2) is 0 Å². The molecular formula is C9H18ClNO. The fraction of sp³-hybridized carbons (Fsp3) is 0.889. The highest BCUT2D eigenvalue weighted by molar-refractivity contribution is 5.85. The fourth-order valence-electron chi connectivity index (χ4n) is 1.34. The van der Waals surface area contributed by atoms with E-state index in [2.05, 4.69) is 33.0 Å². The van der Waals surface area contributed by atoms with Gasteiger partial charge in [-0.2, -0.15) is 0 Å². The van der Waals surface area contributed by atoms with Crippen molar-refractivity contribution in [3.05, 3.63) is 0 Å². The lowest BCUT2D eigenvalue weighted by atomic mass is 9.74. The zero-order valence-corrected chi connectivity index (χ0v) is 9.05. The number of ketones is 1. The second kappa shape index (κ2) is 3.35. The van der Waals surface area contributed by atoms with Crippen LogP contribution in [0.3, 0.4) is 0 Å². The van der Waals surface area contributed by atoms with E-state index < -0.39 is 0 Å². The number of Topliss-reactive ketones (excluding diaryl/α,β-unsaturated/α-hetero) is 1. The Bertz CT molecular complexity index is 185. The average Bonchev–Trinajstić information content (AvgIpc) is 2.10. The third-order valence-corrected chi connectivity index (χ3v) is 2.88. The van der Waals surface area contributed by atoms with Crippen LogP contribution in [0.2, 0.25) is 0 Å². The number of hydrogen-bond acceptors (Lipinski definition) is 2. The summed E-state index contributed by atoms with van der Waals surface area (Å²) in [6.07, 6.45) is 0.677. The van der Waals surface area contributed by atoms with Crippen LogP contribution in [0.1, 0.15) is 34.1 Å². The van der Waals surface area contributed by atoms with E-state index in [0.29, 0.717) is 18.7 Å². The molecule has 0 spiro atoms. The van der Waals surface area contributed by atoms with Gasteiger partial charge in [0.2, 0.25) is 0 Å². The molecule has 0 saturated carbocycles. The van der Waals surface area contributed by atoms with Gasteiger partial charge in [-0.3, -0.25) is 4.79 Å². The lowest BCUT2D eigenvalue weighted by molar-refractivity contribution is -0.117. The molecule has 12 heavy (non-hydrogen) atoms. The average molecular weight is 192 g/mol. The maximum Gasteiger partial charge on any atom is 0.148 e. The summed E-state index contributed by atoms with van der Waals surface area (Å²) in [4.78, 5) is 11.0. The molecular weight excluding hydrogens is 174 g/mol. The number of carbonyl (C=O) groups excluding carboxylic acids is 1. The predicted octanol–water partition coefficient (Wildman–Crippen LogP) is 1.78. The number of carbonyl (C=O) groups is 1. The van der Waals surface area contributed by atoms with Crippen molar-refractivity contribution < 1.29 is 4.79 Å². The van der Waals surface area contributed by atoms with Gasteiger partial charge in [0.15, 0.2) is 0 Å². The van der Waals surface area contributed by atoms with E-state index in [4.69, 9.17) is 0 Å². The first-order valence-corrected chi connectivity index (χ1v) is 4.12. The maximum atomic E-state index is 11.0. The Labute approximate surface area is 80.5 Å². The van der Waals surface area contributed by atoms with Crippen molar-refractivity contribution in [2.24, 2.45) is 5.41 Å². The largest absolute Gasteiger partial charge is 0.304 e. The number of nitrogens with one attached hydrogen (secondary N) is 1. The highest BCUT2D eigenvalue weighted by Gasteiger charge is 2.42. The molecule has 1 aliphatic rings. The molecule has 1 atom stereocenters. The van der Waals surface area contributed by atoms with E-state index in [1.54, 1.807) is 0 Å². The summed E-state index contributed by atoms with van der Waals surface area (Å²) in [5.74, 6) is 0.336. The normalized spacial score (nSPS) is 30.2. The molecule has 0 radical (unpaired) electrons. The molecule has 1 aliphatic heterocycles. The van der Waals surface area contributed by atoms with Gasteiger partial charge in [-0.1, -0.05) is 20.8 Å². The first-order valence-electron chi connectivity index (χ1n) is 4.12. The van der Waals surface area contributed by atoms with Crippen LogP contribution in [0.4, 0.5) is 0 Å². The zero-order valence-electron chi connectivity index (χ0n) is 8.23. The van der Waals surface area contributed by atoms with Crippen LogP contribution in [-0.2, 0) is 4.79 Å². The van der Waals surface area contributed by atoms with Crippen molar-refractivity contribution >= 4 is 18.2 Å². The number of hydrogen-bond donors (Lipinski definition) is 1. The van der Waals surface area contributed by atoms with Crippen molar-refractivity contribution in [1.29, 1.82) is 0 Å². The Balaban J connectivity index is 0.00000121. The van der Waals surface area contributed by atoms with Gasteiger partial charge in [-0.15, -0.1) is 12.4 Å². The molecule has 3 heteroatoms. The molecule has 72 valence electrons. The first-order chi connectivity index (χ1) is 4.85. The van der Waals surface area contributed by atoms with Crippen molar-refractivity contribution in [2.45, 2.75) is 39.7 Å². The van der Waals surface area contributed by atoms with E-state index in [0.717, 1.165) is 0 Å². The second-order valence-corrected chi connectivity index (χ2v) is 4.65. The first kappa shape index (κ1) is 11.9. The second-order valence-electron chi connectivity index (χ2n) is 4.65. The summed E-state index contributed by atoms with van der Waals surface area (Å²) in [6, 6.07) is 0. The molecule has 0 aromatic rings. The van der Waals surface area contributed by atoms with Crippen LogP contribution >= 0.6 is 12.4 Å². The lowest BCUT2D eigenvalue weighted by Crippen LogP contribution is -2.47. The van der Waals surface area contributed by atoms with E-state index >= 15 is 0 Å². The summed E-state index contributed by atoms with van der Waals surface area (Å²) in [7, 11) is 0. The monoisotopic (exact) mass is 191 g/mol. The molecule has 0 aliphatic carbocycles. The maximum absolute atomic E-state index is 11.0. The Morgan fingerprint density at radius 2 is 1.92 bits per heavy atom. The minimum Gasteiger partial charge on any atom is -0.304 e. The number of rotatable bonds is 0. The van der Waals surface area contributed by atoms with E-state index in [9.17, 15) is 4.79 Å². The van der Waals surface area contributed by atoms with Gasteiger partial charge in [0.05, 0.1) is 6.54 Å². The molecule has 1 rings (SSSR count). The van der Waals surface area contributed by atoms with Gasteiger partial charge in [0.1, 0.15) is 5.78 Å². The van der Waals surface area contributed by atoms with Crippen LogP contribution < -0.4 is 5.32 Å². The molecule has 0 aromatic carbocycles. The van der Waals surface area contributed by atoms with Crippen molar-refractivity contribution in [3.63, 3.8) is 0 Å². The van der Waals surface area contributed by atoms with E-state index in [-0.39, 0.29) is 23.4 Å². The van der Waals surface area contributed by atoms with Crippen LogP contribution in [-0.4, -0.2) is 17.9 Å². The van der Waals surface area contributed by atoms with Gasteiger partial charge in [0.25, 0.3) is 0 Å². The Morgan fingerprint density at radius 3 is 2.08 bits per heavy atom. The molecule has 2 nitrogen and oxygen atoms in total. The summed E-state index contributed by atoms with van der Waals surface area (Å²) in [5.41, 5.74) is 0.170. The minimum absolute atomic E-state index is 0. The molecule has 1 unspecified atom stereocenters. The Kier molecular flexibility index (Phi) is 3.32. The molecule has 1 heterocycles. The van der Waals surface area contributed by atoms with Crippen molar-refractivity contribution in [3.8, 4) is 0 Å². The molecule has 0 aromatic heterocycles. The molecule has 1 saturated heterocycles. The smallest absolute Gasteiger partial charge is 0.148 e. The van der Waals surface area contributed by atoms with Crippen LogP contribution in [0, 0.1) is 5.41 Å². The molecule has 0 bridgehead atoms. The van der Waals surface area contributed by atoms with E-state index in [1.807, 2.05) is 0 Å². The van der Waals surface area contributed by atoms with Gasteiger partial charge in [0, 0.05) is 12.0 Å². The van der Waals surface area contributed by atoms with Gasteiger partial charge in [-0.25, -0.2) is 0 Å². The topological polar surface area (TPSA) is 29.1 Å². The summed E-state index contributed by atoms with van der Waals surface area (Å²) in [6.45, 7) is 9.17. The van der Waals surface area contributed by atoms with Crippen LogP contribution in [0.5, 0.6) is 0 Å². The van der Waals surface area contributed by atoms with Gasteiger partial charge < -0.3 is 5.32 Å². The van der Waals surface area contributed by atoms with Gasteiger partial charge in [-0.05, 0) is 12.3 Å². The Hall–Kier alpha value is -0.0800. The molecule has 1 N–H and O–H groups in total. The Morgan fingerprint density at radius 1 is 1.42 bits per heavy atom. The summed E-state index contributed by atoms with van der Waals surface area (Å²) < 4.78 is 0. The highest BCUT2D eigenvalue weighted by Crippen LogP contribution is 2.35. The van der Waals surface area contributed by atoms with Gasteiger partial charge >= 0.3 is 0 Å². The SMILES string of the molecule is CC(C)(C)C1(C)CC(=O)CN1.Cl. The molecule has 1 fully saturated rings. The predicted molar refractivity (Wildman–Crippen MR) is 52.7 cm³/mol. The summed E-state index contributed by atoms with van der Waals surface area (Å²) in [5, 5.41) is 3.27. The fourth-order valence-corrected chi connectivity index (χ4v) is 1.34. The molecule has 0 amide bonds. The standard InChI is InChI=1S/C9H17NO.ClH/c1-8(2,3)9(4)5-7(11)6-10-9;/h10H,5-6H2,1-4H3;1H. The number of halogens is 1. The minimum atomic E-state index is 0. The summed E-state index contributed by atoms with van der Waals surface area (Å²) >= 11 is 0. The van der Waals surface area contributed by atoms with Crippen molar-refractivity contribution in [1.82, 2.24) is 5.32 Å².